The van der Waals surface area contributed by atoms with E-state index in [-0.39, 0.29) is 30.8 Å². The SMILES string of the molecule is CC1CC(O)CN1C(=O)C1CC(=O)Nc2cc(F)ccc21. The molecule has 0 aromatic heterocycles. The van der Waals surface area contributed by atoms with Crippen LogP contribution in [0.4, 0.5) is 10.1 Å². The number of carbonyl (C=O) groups excluding carboxylic acids is 2. The van der Waals surface area contributed by atoms with Crippen LogP contribution in [0.25, 0.3) is 0 Å². The van der Waals surface area contributed by atoms with E-state index in [1.165, 1.54) is 12.1 Å². The van der Waals surface area contributed by atoms with Crippen molar-refractivity contribution in [1.82, 2.24) is 4.90 Å². The number of nitrogens with one attached hydrogen (secondary N) is 1. The first-order chi connectivity index (χ1) is 9.95. The number of carbonyl (C=O) groups is 2. The molecule has 0 bridgehead atoms. The van der Waals surface area contributed by atoms with Crippen molar-refractivity contribution in [2.45, 2.75) is 37.8 Å². The van der Waals surface area contributed by atoms with Gasteiger partial charge in [0.15, 0.2) is 0 Å². The number of β-amino-alcohol motifs (C(OH)–C–C–N with tert-alkyl or cyclic N) is 1. The molecule has 0 radical (unpaired) electrons. The zero-order chi connectivity index (χ0) is 15.1. The number of anilines is 1. The van der Waals surface area contributed by atoms with Crippen molar-refractivity contribution in [2.24, 2.45) is 0 Å². The summed E-state index contributed by atoms with van der Waals surface area (Å²) in [6.07, 6.45) is 0.0756. The molecule has 21 heavy (non-hydrogen) atoms. The quantitative estimate of drug-likeness (QED) is 0.818. The summed E-state index contributed by atoms with van der Waals surface area (Å²) in [6.45, 7) is 2.16. The van der Waals surface area contributed by atoms with Gasteiger partial charge in [0.1, 0.15) is 5.82 Å². The number of rotatable bonds is 1. The molecule has 1 aromatic carbocycles. The topological polar surface area (TPSA) is 69.6 Å². The summed E-state index contributed by atoms with van der Waals surface area (Å²) in [7, 11) is 0. The van der Waals surface area contributed by atoms with Crippen LogP contribution in [-0.4, -0.2) is 40.5 Å². The molecule has 112 valence electrons. The van der Waals surface area contributed by atoms with Gasteiger partial charge in [-0.05, 0) is 31.0 Å². The van der Waals surface area contributed by atoms with Crippen LogP contribution < -0.4 is 5.32 Å². The van der Waals surface area contributed by atoms with Gasteiger partial charge in [0.25, 0.3) is 0 Å². The highest BCUT2D eigenvalue weighted by molar-refractivity contribution is 6.01. The minimum Gasteiger partial charge on any atom is -0.391 e. The van der Waals surface area contributed by atoms with Gasteiger partial charge < -0.3 is 15.3 Å². The lowest BCUT2D eigenvalue weighted by atomic mass is 9.89. The third-order valence-electron chi connectivity index (χ3n) is 4.19. The van der Waals surface area contributed by atoms with E-state index in [0.717, 1.165) is 0 Å². The summed E-state index contributed by atoms with van der Waals surface area (Å²) < 4.78 is 13.3. The van der Waals surface area contributed by atoms with Gasteiger partial charge in [-0.3, -0.25) is 9.59 Å². The van der Waals surface area contributed by atoms with E-state index in [4.69, 9.17) is 0 Å². The van der Waals surface area contributed by atoms with Gasteiger partial charge in [-0.25, -0.2) is 4.39 Å². The summed E-state index contributed by atoms with van der Waals surface area (Å²) in [5, 5.41) is 12.3. The van der Waals surface area contributed by atoms with Crippen LogP contribution in [0, 0.1) is 5.82 Å². The average Bonchev–Trinajstić information content (AvgIpc) is 2.75. The molecule has 0 spiro atoms. The maximum Gasteiger partial charge on any atom is 0.231 e. The summed E-state index contributed by atoms with van der Waals surface area (Å²) in [5.74, 6) is -1.53. The number of halogens is 1. The lowest BCUT2D eigenvalue weighted by Gasteiger charge is -2.30. The van der Waals surface area contributed by atoms with Crippen molar-refractivity contribution in [3.8, 4) is 0 Å². The first kappa shape index (κ1) is 14.0. The van der Waals surface area contributed by atoms with E-state index in [1.54, 1.807) is 11.0 Å². The largest absolute Gasteiger partial charge is 0.391 e. The van der Waals surface area contributed by atoms with Gasteiger partial charge in [0.2, 0.25) is 11.8 Å². The lowest BCUT2D eigenvalue weighted by molar-refractivity contribution is -0.135. The Bertz CT molecular complexity index is 605. The number of nitrogens with zero attached hydrogens (tertiary/aromatic N) is 1. The van der Waals surface area contributed by atoms with Crippen molar-refractivity contribution in [2.75, 3.05) is 11.9 Å². The van der Waals surface area contributed by atoms with E-state index in [2.05, 4.69) is 5.32 Å². The fourth-order valence-electron chi connectivity index (χ4n) is 3.17. The van der Waals surface area contributed by atoms with Crippen molar-refractivity contribution in [1.29, 1.82) is 0 Å². The first-order valence-corrected chi connectivity index (χ1v) is 7.03. The Hall–Kier alpha value is -1.95. The Kier molecular flexibility index (Phi) is 3.41. The molecule has 0 aliphatic carbocycles. The Morgan fingerprint density at radius 2 is 2.24 bits per heavy atom. The molecule has 2 amide bonds. The lowest BCUT2D eigenvalue weighted by Crippen LogP contribution is -2.40. The third-order valence-corrected chi connectivity index (χ3v) is 4.19. The zero-order valence-electron chi connectivity index (χ0n) is 11.7. The van der Waals surface area contributed by atoms with Crippen LogP contribution in [0.5, 0.6) is 0 Å². The summed E-state index contributed by atoms with van der Waals surface area (Å²) >= 11 is 0. The van der Waals surface area contributed by atoms with E-state index in [9.17, 15) is 19.1 Å². The molecule has 3 rings (SSSR count). The second-order valence-electron chi connectivity index (χ2n) is 5.77. The maximum atomic E-state index is 13.3. The van der Waals surface area contributed by atoms with Crippen LogP contribution in [-0.2, 0) is 9.59 Å². The standard InChI is InChI=1S/C15H17FN2O3/c1-8-4-10(19)7-18(8)15(21)12-6-14(20)17-13-5-9(16)2-3-11(12)13/h2-3,5,8,10,12,19H,4,6-7H2,1H3,(H,17,20). The highest BCUT2D eigenvalue weighted by atomic mass is 19.1. The molecular weight excluding hydrogens is 275 g/mol. The molecule has 3 unspecified atom stereocenters. The minimum atomic E-state index is -0.609. The minimum absolute atomic E-state index is 0.0524. The van der Waals surface area contributed by atoms with Crippen molar-refractivity contribution >= 4 is 17.5 Å². The van der Waals surface area contributed by atoms with Gasteiger partial charge in [-0.15, -0.1) is 0 Å². The number of benzene rings is 1. The molecule has 2 N–H and O–H groups in total. The highest BCUT2D eigenvalue weighted by Crippen LogP contribution is 2.35. The molecule has 2 aliphatic rings. The van der Waals surface area contributed by atoms with E-state index in [1.807, 2.05) is 6.92 Å². The van der Waals surface area contributed by atoms with Crippen molar-refractivity contribution in [3.63, 3.8) is 0 Å². The highest BCUT2D eigenvalue weighted by Gasteiger charge is 2.38. The zero-order valence-corrected chi connectivity index (χ0v) is 11.7. The van der Waals surface area contributed by atoms with Gasteiger partial charge in [-0.1, -0.05) is 6.07 Å². The monoisotopic (exact) mass is 292 g/mol. The second kappa shape index (κ2) is 5.11. The molecule has 2 heterocycles. The van der Waals surface area contributed by atoms with Crippen LogP contribution in [0.15, 0.2) is 18.2 Å². The Morgan fingerprint density at radius 1 is 1.48 bits per heavy atom. The van der Waals surface area contributed by atoms with E-state index < -0.39 is 17.8 Å². The van der Waals surface area contributed by atoms with E-state index >= 15 is 0 Å². The smallest absolute Gasteiger partial charge is 0.231 e. The average molecular weight is 292 g/mol. The molecule has 0 saturated carbocycles. The number of hydrogen-bond donors (Lipinski definition) is 2. The van der Waals surface area contributed by atoms with Crippen LogP contribution in [0.1, 0.15) is 31.2 Å². The fraction of sp³-hybridized carbons (Fsp3) is 0.467. The maximum absolute atomic E-state index is 13.3. The van der Waals surface area contributed by atoms with Gasteiger partial charge in [-0.2, -0.15) is 0 Å². The molecule has 1 fully saturated rings. The molecule has 6 heteroatoms. The number of fused-ring (bicyclic) bond motifs is 1. The van der Waals surface area contributed by atoms with Crippen LogP contribution in [0.3, 0.4) is 0 Å². The molecule has 3 atom stereocenters. The molecular formula is C15H17FN2O3. The summed E-state index contributed by atoms with van der Waals surface area (Å²) in [5.41, 5.74) is 0.992. The summed E-state index contributed by atoms with van der Waals surface area (Å²) in [6, 6.07) is 4.01. The number of amides is 2. The van der Waals surface area contributed by atoms with Crippen LogP contribution in [0.2, 0.25) is 0 Å². The first-order valence-electron chi connectivity index (χ1n) is 7.03. The molecule has 1 aromatic rings. The predicted molar refractivity (Wildman–Crippen MR) is 74.2 cm³/mol. The van der Waals surface area contributed by atoms with Crippen LogP contribution >= 0.6 is 0 Å². The number of aliphatic hydroxyl groups excluding tert-OH is 1. The van der Waals surface area contributed by atoms with Gasteiger partial charge >= 0.3 is 0 Å². The number of hydrogen-bond acceptors (Lipinski definition) is 3. The Balaban J connectivity index is 1.92. The number of aliphatic hydroxyl groups is 1. The van der Waals surface area contributed by atoms with Gasteiger partial charge in [0.05, 0.1) is 12.0 Å². The van der Waals surface area contributed by atoms with Gasteiger partial charge in [0, 0.05) is 24.7 Å². The normalized spacial score (nSPS) is 28.2. The molecule has 2 aliphatic heterocycles. The fourth-order valence-corrected chi connectivity index (χ4v) is 3.17. The Labute approximate surface area is 121 Å². The predicted octanol–water partition coefficient (Wildman–Crippen LogP) is 1.23. The number of likely N-dealkylation sites (tertiary alicyclic amines) is 1. The van der Waals surface area contributed by atoms with Crippen molar-refractivity contribution < 1.29 is 19.1 Å². The Morgan fingerprint density at radius 3 is 2.90 bits per heavy atom. The third kappa shape index (κ3) is 2.51. The van der Waals surface area contributed by atoms with Crippen molar-refractivity contribution in [3.05, 3.63) is 29.6 Å². The second-order valence-corrected chi connectivity index (χ2v) is 5.77. The summed E-state index contributed by atoms with van der Waals surface area (Å²) in [4.78, 5) is 26.1. The molecule has 5 nitrogen and oxygen atoms in total. The van der Waals surface area contributed by atoms with E-state index in [0.29, 0.717) is 17.7 Å². The molecule has 1 saturated heterocycles.